The van der Waals surface area contributed by atoms with E-state index in [0.29, 0.717) is 43.2 Å². The number of hydrogen-bond acceptors (Lipinski definition) is 4. The van der Waals surface area contributed by atoms with Gasteiger partial charge >= 0.3 is 0 Å². The molecule has 0 saturated carbocycles. The van der Waals surface area contributed by atoms with Crippen LogP contribution in [0.4, 0.5) is 5.69 Å². The molecule has 1 atom stereocenters. The largest absolute Gasteiger partial charge is 0.342 e. The van der Waals surface area contributed by atoms with Gasteiger partial charge in [0.2, 0.25) is 21.8 Å². The van der Waals surface area contributed by atoms with Crippen LogP contribution in [-0.2, 0) is 19.6 Å². The fourth-order valence-corrected chi connectivity index (χ4v) is 5.64. The fourth-order valence-electron chi connectivity index (χ4n) is 4.13. The second-order valence-electron chi connectivity index (χ2n) is 7.92. The van der Waals surface area contributed by atoms with Crippen molar-refractivity contribution >= 4 is 39.1 Å². The lowest BCUT2D eigenvalue weighted by Gasteiger charge is -2.33. The molecule has 7 nitrogen and oxygen atoms in total. The third kappa shape index (κ3) is 4.92. The normalized spacial score (nSPS) is 20.3. The van der Waals surface area contributed by atoms with E-state index in [4.69, 9.17) is 11.6 Å². The van der Waals surface area contributed by atoms with Gasteiger partial charge in [0.25, 0.3) is 0 Å². The van der Waals surface area contributed by atoms with Crippen LogP contribution in [-0.4, -0.2) is 50.8 Å². The van der Waals surface area contributed by atoms with Crippen molar-refractivity contribution in [1.82, 2.24) is 9.62 Å². The van der Waals surface area contributed by atoms with Gasteiger partial charge in [0.1, 0.15) is 0 Å². The van der Waals surface area contributed by atoms with Gasteiger partial charge in [-0.3, -0.25) is 9.59 Å². The smallest absolute Gasteiger partial charge is 0.240 e. The van der Waals surface area contributed by atoms with Crippen molar-refractivity contribution in [2.75, 3.05) is 24.5 Å². The number of nitrogens with one attached hydrogen (secondary N) is 1. The van der Waals surface area contributed by atoms with Crippen LogP contribution >= 0.6 is 11.6 Å². The van der Waals surface area contributed by atoms with Crippen molar-refractivity contribution in [2.45, 2.75) is 30.2 Å². The van der Waals surface area contributed by atoms with Gasteiger partial charge in [-0.25, -0.2) is 13.1 Å². The first kappa shape index (κ1) is 21.8. The molecule has 1 N–H and O–H groups in total. The van der Waals surface area contributed by atoms with E-state index in [9.17, 15) is 18.0 Å². The molecule has 4 rings (SSSR count). The van der Waals surface area contributed by atoms with Crippen molar-refractivity contribution in [3.05, 3.63) is 59.6 Å². The second kappa shape index (κ2) is 8.98. The summed E-state index contributed by atoms with van der Waals surface area (Å²) in [6.45, 7) is 1.25. The highest BCUT2D eigenvalue weighted by atomic mass is 35.5. The number of carbonyl (C=O) groups is 2. The maximum absolute atomic E-state index is 13.0. The number of likely N-dealkylation sites (tertiary alicyclic amines) is 1. The monoisotopic (exact) mass is 461 g/mol. The molecule has 0 spiro atoms. The van der Waals surface area contributed by atoms with Crippen molar-refractivity contribution in [1.29, 1.82) is 0 Å². The molecule has 2 aliphatic heterocycles. The maximum atomic E-state index is 13.0. The summed E-state index contributed by atoms with van der Waals surface area (Å²) in [4.78, 5) is 29.0. The van der Waals surface area contributed by atoms with Gasteiger partial charge in [-0.15, -0.1) is 0 Å². The molecule has 0 bridgehead atoms. The summed E-state index contributed by atoms with van der Waals surface area (Å²) in [5, 5.41) is 0.542. The lowest BCUT2D eigenvalue weighted by molar-refractivity contribution is -0.136. The number of rotatable bonds is 5. The average molecular weight is 462 g/mol. The van der Waals surface area contributed by atoms with Crippen molar-refractivity contribution < 1.29 is 18.0 Å². The molecular weight excluding hydrogens is 438 g/mol. The molecule has 9 heteroatoms. The molecule has 0 aliphatic carbocycles. The minimum absolute atomic E-state index is 0.0535. The zero-order valence-electron chi connectivity index (χ0n) is 16.9. The van der Waals surface area contributed by atoms with Crippen LogP contribution in [0.15, 0.2) is 59.5 Å². The number of benzene rings is 2. The summed E-state index contributed by atoms with van der Waals surface area (Å²) in [7, 11) is -3.58. The van der Waals surface area contributed by atoms with E-state index in [0.717, 1.165) is 0 Å². The Bertz CT molecular complexity index is 1070. The Morgan fingerprint density at radius 1 is 1.03 bits per heavy atom. The quantitative estimate of drug-likeness (QED) is 0.741. The van der Waals surface area contributed by atoms with Gasteiger partial charge in [-0.2, -0.15) is 0 Å². The van der Waals surface area contributed by atoms with Crippen molar-refractivity contribution in [3.63, 3.8) is 0 Å². The first-order chi connectivity index (χ1) is 14.8. The average Bonchev–Trinajstić information content (AvgIpc) is 3.16. The first-order valence-corrected chi connectivity index (χ1v) is 12.1. The molecule has 2 saturated heterocycles. The van der Waals surface area contributed by atoms with Crippen LogP contribution < -0.4 is 9.62 Å². The van der Waals surface area contributed by atoms with Crippen molar-refractivity contribution in [3.8, 4) is 0 Å². The van der Waals surface area contributed by atoms with Gasteiger partial charge < -0.3 is 9.80 Å². The fraction of sp³-hybridized carbons (Fsp3) is 0.364. The highest BCUT2D eigenvalue weighted by Gasteiger charge is 2.38. The van der Waals surface area contributed by atoms with Crippen LogP contribution in [0.3, 0.4) is 0 Å². The van der Waals surface area contributed by atoms with Crippen molar-refractivity contribution in [2.24, 2.45) is 5.92 Å². The Labute approximate surface area is 187 Å². The van der Waals surface area contributed by atoms with Gasteiger partial charge in [0.15, 0.2) is 0 Å². The van der Waals surface area contributed by atoms with Crippen LogP contribution in [0.1, 0.15) is 19.3 Å². The number of amides is 2. The molecule has 2 amide bonds. The minimum Gasteiger partial charge on any atom is -0.342 e. The Morgan fingerprint density at radius 3 is 2.42 bits per heavy atom. The SMILES string of the molecule is O=C(C1CC(=O)N(c2cccc(Cl)c2)C1)N1CCC(NS(=O)(=O)c2ccccc2)CC1. The molecule has 2 aromatic rings. The Hall–Kier alpha value is -2.42. The van der Waals surface area contributed by atoms with Gasteiger partial charge in [0, 0.05) is 42.8 Å². The number of piperidine rings is 1. The maximum Gasteiger partial charge on any atom is 0.240 e. The van der Waals surface area contributed by atoms with E-state index in [-0.39, 0.29) is 29.2 Å². The molecule has 2 fully saturated rings. The van der Waals surface area contributed by atoms with E-state index in [1.54, 1.807) is 64.4 Å². The molecule has 2 heterocycles. The molecular formula is C22H24ClN3O4S. The molecule has 1 unspecified atom stereocenters. The predicted molar refractivity (Wildman–Crippen MR) is 118 cm³/mol. The number of hydrogen-bond donors (Lipinski definition) is 1. The summed E-state index contributed by atoms with van der Waals surface area (Å²) < 4.78 is 27.8. The molecule has 0 aromatic heterocycles. The standard InChI is InChI=1S/C22H24ClN3O4S/c23-17-5-4-6-19(14-17)26-15-16(13-21(26)27)22(28)25-11-9-18(10-12-25)24-31(29,30)20-7-2-1-3-8-20/h1-8,14,16,18,24H,9-13,15H2. The van der Waals surface area contributed by atoms with Crippen LogP contribution in [0, 0.1) is 5.92 Å². The summed E-state index contributed by atoms with van der Waals surface area (Å²) >= 11 is 6.03. The van der Waals surface area contributed by atoms with E-state index in [1.807, 2.05) is 0 Å². The third-order valence-electron chi connectivity index (χ3n) is 5.78. The Morgan fingerprint density at radius 2 is 1.74 bits per heavy atom. The zero-order valence-corrected chi connectivity index (χ0v) is 18.5. The third-order valence-corrected chi connectivity index (χ3v) is 7.55. The highest BCUT2D eigenvalue weighted by molar-refractivity contribution is 7.89. The van der Waals surface area contributed by atoms with Crippen LogP contribution in [0.5, 0.6) is 0 Å². The van der Waals surface area contributed by atoms with E-state index in [1.165, 1.54) is 0 Å². The topological polar surface area (TPSA) is 86.8 Å². The van der Waals surface area contributed by atoms with Crippen LogP contribution in [0.25, 0.3) is 0 Å². The highest BCUT2D eigenvalue weighted by Crippen LogP contribution is 2.29. The number of carbonyl (C=O) groups excluding carboxylic acids is 2. The summed E-state index contributed by atoms with van der Waals surface area (Å²) in [6, 6.07) is 15.1. The van der Waals surface area contributed by atoms with Crippen LogP contribution in [0.2, 0.25) is 5.02 Å². The number of nitrogens with zero attached hydrogens (tertiary/aromatic N) is 2. The Balaban J connectivity index is 1.33. The summed E-state index contributed by atoms with van der Waals surface area (Å²) in [5.41, 5.74) is 0.696. The lowest BCUT2D eigenvalue weighted by atomic mass is 10.0. The van der Waals surface area contributed by atoms with Gasteiger partial charge in [-0.1, -0.05) is 35.9 Å². The summed E-state index contributed by atoms with van der Waals surface area (Å²) in [6.07, 6.45) is 1.25. The molecule has 0 radical (unpaired) electrons. The number of sulfonamides is 1. The van der Waals surface area contributed by atoms with Gasteiger partial charge in [0.05, 0.1) is 10.8 Å². The Kier molecular flexibility index (Phi) is 6.31. The van der Waals surface area contributed by atoms with E-state index >= 15 is 0 Å². The lowest BCUT2D eigenvalue weighted by Crippen LogP contribution is -2.48. The second-order valence-corrected chi connectivity index (χ2v) is 10.1. The number of halogens is 1. The molecule has 2 aromatic carbocycles. The van der Waals surface area contributed by atoms with E-state index in [2.05, 4.69) is 4.72 Å². The number of anilines is 1. The zero-order chi connectivity index (χ0) is 22.0. The summed E-state index contributed by atoms with van der Waals surface area (Å²) in [5.74, 6) is -0.544. The first-order valence-electron chi connectivity index (χ1n) is 10.3. The van der Waals surface area contributed by atoms with E-state index < -0.39 is 15.9 Å². The molecule has 164 valence electrons. The predicted octanol–water partition coefficient (Wildman–Crippen LogP) is 2.66. The molecule has 31 heavy (non-hydrogen) atoms. The molecule has 2 aliphatic rings. The minimum atomic E-state index is -3.58. The van der Waals surface area contributed by atoms with Gasteiger partial charge in [-0.05, 0) is 43.2 Å².